The molecule has 3 aromatic heterocycles. The lowest BCUT2D eigenvalue weighted by atomic mass is 9.67. The molecule has 0 atom stereocenters. The molecule has 0 fully saturated rings. The number of hydrogen-bond donors (Lipinski definition) is 0. The highest BCUT2D eigenvalue weighted by molar-refractivity contribution is 6.14. The quantitative estimate of drug-likeness (QED) is 0.183. The maximum Gasteiger partial charge on any atom is 0.236 e. The second-order valence-electron chi connectivity index (χ2n) is 14.5. The third-order valence-corrected chi connectivity index (χ3v) is 11.7. The molecule has 0 spiro atoms. The highest BCUT2D eigenvalue weighted by atomic mass is 16.3. The van der Waals surface area contributed by atoms with Crippen molar-refractivity contribution < 1.29 is 4.42 Å². The number of fused-ring (bicyclic) bond motifs is 10. The highest BCUT2D eigenvalue weighted by Crippen LogP contribution is 2.56. The van der Waals surface area contributed by atoms with Gasteiger partial charge in [-0.3, -0.25) is 4.57 Å². The van der Waals surface area contributed by atoms with Crippen molar-refractivity contribution in [1.82, 2.24) is 14.5 Å². The molecule has 11 aromatic rings. The zero-order valence-corrected chi connectivity index (χ0v) is 29.6. The molecule has 4 heteroatoms. The summed E-state index contributed by atoms with van der Waals surface area (Å²) in [5.41, 5.74) is 13.1. The summed E-state index contributed by atoms with van der Waals surface area (Å²) in [6.45, 7) is 0. The zero-order chi connectivity index (χ0) is 36.1. The van der Waals surface area contributed by atoms with Crippen molar-refractivity contribution in [3.8, 4) is 28.3 Å². The molecule has 0 amide bonds. The van der Waals surface area contributed by atoms with Crippen LogP contribution in [0.5, 0.6) is 0 Å². The van der Waals surface area contributed by atoms with Gasteiger partial charge in [0.2, 0.25) is 5.95 Å². The summed E-state index contributed by atoms with van der Waals surface area (Å²) < 4.78 is 8.90. The first kappa shape index (κ1) is 30.2. The first-order valence-electron chi connectivity index (χ1n) is 18.7. The van der Waals surface area contributed by atoms with E-state index in [0.29, 0.717) is 11.5 Å². The Hall–Kier alpha value is -7.30. The van der Waals surface area contributed by atoms with Crippen molar-refractivity contribution >= 4 is 54.6 Å². The summed E-state index contributed by atoms with van der Waals surface area (Å²) in [6, 6.07) is 67.3. The largest absolute Gasteiger partial charge is 0.452 e. The van der Waals surface area contributed by atoms with Crippen molar-refractivity contribution in [2.24, 2.45) is 0 Å². The Kier molecular flexibility index (Phi) is 6.23. The lowest BCUT2D eigenvalue weighted by molar-refractivity contribution is 0.666. The van der Waals surface area contributed by atoms with Crippen LogP contribution in [0.25, 0.3) is 83.0 Å². The van der Waals surface area contributed by atoms with Gasteiger partial charge in [0.05, 0.1) is 16.4 Å². The van der Waals surface area contributed by atoms with Gasteiger partial charge in [-0.1, -0.05) is 152 Å². The molecule has 0 radical (unpaired) electrons. The molecule has 1 aliphatic carbocycles. The third-order valence-electron chi connectivity index (χ3n) is 11.7. The van der Waals surface area contributed by atoms with Crippen LogP contribution in [0.15, 0.2) is 192 Å². The maximum atomic E-state index is 6.68. The van der Waals surface area contributed by atoms with Crippen molar-refractivity contribution in [2.75, 3.05) is 0 Å². The molecule has 3 heterocycles. The van der Waals surface area contributed by atoms with E-state index in [9.17, 15) is 0 Å². The molecule has 0 bridgehead atoms. The molecule has 0 unspecified atom stereocenters. The highest BCUT2D eigenvalue weighted by Gasteiger charge is 2.46. The molecular weight excluding hydrogens is 671 g/mol. The predicted octanol–water partition coefficient (Wildman–Crippen LogP) is 12.7. The fourth-order valence-corrected chi connectivity index (χ4v) is 9.34. The minimum atomic E-state index is -0.482. The predicted molar refractivity (Wildman–Crippen MR) is 224 cm³/mol. The smallest absolute Gasteiger partial charge is 0.236 e. The first-order chi connectivity index (χ1) is 27.3. The van der Waals surface area contributed by atoms with Crippen LogP contribution in [0.1, 0.15) is 22.3 Å². The van der Waals surface area contributed by atoms with Gasteiger partial charge in [-0.25, -0.2) is 9.97 Å². The molecule has 0 N–H and O–H groups in total. The number of benzene rings is 8. The average molecular weight is 702 g/mol. The number of aromatic nitrogens is 3. The van der Waals surface area contributed by atoms with Crippen LogP contribution in [0, 0.1) is 0 Å². The Morgan fingerprint density at radius 1 is 0.455 bits per heavy atom. The van der Waals surface area contributed by atoms with Crippen LogP contribution in [0.2, 0.25) is 0 Å². The van der Waals surface area contributed by atoms with Gasteiger partial charge >= 0.3 is 0 Å². The minimum absolute atomic E-state index is 0.482. The number of nitrogens with zero attached hydrogens (tertiary/aromatic N) is 3. The minimum Gasteiger partial charge on any atom is -0.452 e. The summed E-state index contributed by atoms with van der Waals surface area (Å²) in [4.78, 5) is 10.8. The zero-order valence-electron chi connectivity index (χ0n) is 29.6. The lowest BCUT2D eigenvalue weighted by Gasteiger charge is -2.33. The topological polar surface area (TPSA) is 43.9 Å². The van der Waals surface area contributed by atoms with Gasteiger partial charge in [-0.15, -0.1) is 0 Å². The molecule has 0 aliphatic heterocycles. The Balaban J connectivity index is 1.16. The van der Waals surface area contributed by atoms with E-state index >= 15 is 0 Å². The van der Waals surface area contributed by atoms with E-state index in [0.717, 1.165) is 44.2 Å². The monoisotopic (exact) mass is 701 g/mol. The molecule has 1 aliphatic rings. The van der Waals surface area contributed by atoms with E-state index in [2.05, 4.69) is 174 Å². The maximum absolute atomic E-state index is 6.68. The Morgan fingerprint density at radius 2 is 1.09 bits per heavy atom. The molecule has 8 aromatic carbocycles. The van der Waals surface area contributed by atoms with Crippen molar-refractivity contribution in [3.05, 3.63) is 210 Å². The van der Waals surface area contributed by atoms with E-state index in [1.54, 1.807) is 0 Å². The summed E-state index contributed by atoms with van der Waals surface area (Å²) >= 11 is 0. The van der Waals surface area contributed by atoms with E-state index in [1.165, 1.54) is 49.5 Å². The van der Waals surface area contributed by atoms with Crippen LogP contribution in [-0.2, 0) is 5.41 Å². The summed E-state index contributed by atoms with van der Waals surface area (Å²) in [6.07, 6.45) is 0. The number of furan rings is 1. The Bertz CT molecular complexity index is 3280. The van der Waals surface area contributed by atoms with Crippen LogP contribution >= 0.6 is 0 Å². The number of hydrogen-bond acceptors (Lipinski definition) is 3. The van der Waals surface area contributed by atoms with Crippen LogP contribution in [0.4, 0.5) is 0 Å². The fraction of sp³-hybridized carbons (Fsp3) is 0.0196. The van der Waals surface area contributed by atoms with E-state index in [-0.39, 0.29) is 0 Å². The molecule has 55 heavy (non-hydrogen) atoms. The lowest BCUT2D eigenvalue weighted by Crippen LogP contribution is -2.28. The first-order valence-corrected chi connectivity index (χ1v) is 18.7. The molecule has 12 rings (SSSR count). The van der Waals surface area contributed by atoms with Gasteiger partial charge in [0, 0.05) is 21.7 Å². The number of rotatable bonds is 4. The van der Waals surface area contributed by atoms with Gasteiger partial charge in [0.1, 0.15) is 16.8 Å². The van der Waals surface area contributed by atoms with Crippen LogP contribution in [0.3, 0.4) is 0 Å². The Labute approximate surface area is 316 Å². The van der Waals surface area contributed by atoms with Crippen LogP contribution in [-0.4, -0.2) is 14.5 Å². The van der Waals surface area contributed by atoms with Gasteiger partial charge in [-0.2, -0.15) is 0 Å². The van der Waals surface area contributed by atoms with Crippen molar-refractivity contribution in [3.63, 3.8) is 0 Å². The van der Waals surface area contributed by atoms with E-state index in [4.69, 9.17) is 14.4 Å². The summed E-state index contributed by atoms with van der Waals surface area (Å²) in [7, 11) is 0. The van der Waals surface area contributed by atoms with Crippen LogP contribution < -0.4 is 0 Å². The second kappa shape index (κ2) is 11.3. The van der Waals surface area contributed by atoms with Crippen molar-refractivity contribution in [2.45, 2.75) is 5.41 Å². The molecule has 0 saturated heterocycles. The summed E-state index contributed by atoms with van der Waals surface area (Å²) in [5, 5.41) is 5.68. The third kappa shape index (κ3) is 4.16. The molecule has 256 valence electrons. The molecular formula is C51H31N3O. The summed E-state index contributed by atoms with van der Waals surface area (Å²) in [5.74, 6) is 0.611. The van der Waals surface area contributed by atoms with Crippen molar-refractivity contribution in [1.29, 1.82) is 0 Å². The fourth-order valence-electron chi connectivity index (χ4n) is 9.34. The van der Waals surface area contributed by atoms with E-state index in [1.807, 2.05) is 18.2 Å². The van der Waals surface area contributed by atoms with Gasteiger partial charge in [0.25, 0.3) is 0 Å². The molecule has 0 saturated carbocycles. The van der Waals surface area contributed by atoms with Gasteiger partial charge < -0.3 is 4.42 Å². The van der Waals surface area contributed by atoms with Gasteiger partial charge in [-0.05, 0) is 80.6 Å². The van der Waals surface area contributed by atoms with E-state index < -0.39 is 5.41 Å². The standard InChI is InChI=1S/C51H31N3O/c1-3-17-35(18-4-1)51(36-19-5-2-6-20-36)42-24-12-9-21-37(42)40-30-34(27-28-43(40)51)47-49-48(39-23-11-14-26-46(39)55-49)53-50(52-47)54-44-25-13-10-22-38(44)41-29-32-15-7-8-16-33(32)31-45(41)54/h1-31H. The average Bonchev–Trinajstić information content (AvgIpc) is 3.89. The second-order valence-corrected chi connectivity index (χ2v) is 14.5. The normalized spacial score (nSPS) is 13.2. The Morgan fingerprint density at radius 3 is 1.89 bits per heavy atom. The molecule has 4 nitrogen and oxygen atoms in total. The van der Waals surface area contributed by atoms with Gasteiger partial charge in [0.15, 0.2) is 5.58 Å². The SMILES string of the molecule is c1ccc(C2(c3ccccc3)c3ccccc3-c3cc(-c4nc(-n5c6ccccc6c6cc7ccccc7cc65)nc5c4oc4ccccc45)ccc32)cc1. The number of para-hydroxylation sites is 2.